The van der Waals surface area contributed by atoms with Gasteiger partial charge in [-0.05, 0) is 61.4 Å². The van der Waals surface area contributed by atoms with E-state index in [-0.39, 0.29) is 0 Å². The molecule has 4 heterocycles. The summed E-state index contributed by atoms with van der Waals surface area (Å²) in [7, 11) is 0. The smallest absolute Gasteiger partial charge is 0.245 e. The first-order chi connectivity index (χ1) is 18.0. The molecule has 0 bridgehead atoms. The molecular formula is C26H20N8O3. The van der Waals surface area contributed by atoms with E-state index in [2.05, 4.69) is 25.3 Å². The molecule has 0 saturated carbocycles. The first-order valence-corrected chi connectivity index (χ1v) is 11.4. The van der Waals surface area contributed by atoms with Crippen molar-refractivity contribution in [2.24, 2.45) is 5.11 Å². The van der Waals surface area contributed by atoms with E-state index in [1.807, 2.05) is 19.9 Å². The van der Waals surface area contributed by atoms with Gasteiger partial charge in [-0.3, -0.25) is 0 Å². The third kappa shape index (κ3) is 4.52. The van der Waals surface area contributed by atoms with Gasteiger partial charge in [0.25, 0.3) is 0 Å². The predicted octanol–water partition coefficient (Wildman–Crippen LogP) is 5.90. The minimum Gasteiger partial charge on any atom is -0.594 e. The van der Waals surface area contributed by atoms with Gasteiger partial charge in [0.15, 0.2) is 11.3 Å². The molecule has 11 nitrogen and oxygen atoms in total. The van der Waals surface area contributed by atoms with Gasteiger partial charge in [-0.25, -0.2) is 19.0 Å². The molecule has 0 radical (unpaired) electrons. The number of pyridine rings is 2. The number of azo groups is 1. The van der Waals surface area contributed by atoms with Crippen LogP contribution in [0.2, 0.25) is 0 Å². The Balaban J connectivity index is 1.18. The first-order valence-electron chi connectivity index (χ1n) is 11.4. The Hall–Kier alpha value is -5.32. The highest BCUT2D eigenvalue weighted by molar-refractivity contribution is 5.50. The Kier molecular flexibility index (Phi) is 5.41. The molecule has 37 heavy (non-hydrogen) atoms. The molecule has 0 aliphatic rings. The van der Waals surface area contributed by atoms with Crippen molar-refractivity contribution >= 4 is 22.7 Å². The maximum Gasteiger partial charge on any atom is 0.245 e. The van der Waals surface area contributed by atoms with Crippen molar-refractivity contribution in [1.29, 1.82) is 0 Å². The Bertz CT molecular complexity index is 1790. The number of rotatable bonds is 6. The van der Waals surface area contributed by atoms with Crippen molar-refractivity contribution in [3.05, 3.63) is 102 Å². The maximum atomic E-state index is 12.8. The summed E-state index contributed by atoms with van der Waals surface area (Å²) in [6, 6.07) is 17.6. The van der Waals surface area contributed by atoms with E-state index >= 15 is 0 Å². The highest BCUT2D eigenvalue weighted by atomic mass is 16.5. The maximum absolute atomic E-state index is 12.8. The minimum absolute atomic E-state index is 0.386. The lowest BCUT2D eigenvalue weighted by atomic mass is 10.2. The van der Waals surface area contributed by atoms with Crippen LogP contribution in [0.5, 0.6) is 23.0 Å². The second-order valence-corrected chi connectivity index (χ2v) is 8.33. The van der Waals surface area contributed by atoms with Crippen LogP contribution in [0.3, 0.4) is 0 Å². The van der Waals surface area contributed by atoms with Crippen molar-refractivity contribution < 1.29 is 14.3 Å². The molecule has 0 saturated heterocycles. The molecule has 6 aromatic rings. The highest BCUT2D eigenvalue weighted by Crippen LogP contribution is 2.31. The molecule has 0 amide bonds. The number of ether oxygens (including phenoxy) is 2. The van der Waals surface area contributed by atoms with E-state index in [1.54, 1.807) is 76.0 Å². The van der Waals surface area contributed by atoms with Crippen molar-refractivity contribution in [2.75, 3.05) is 0 Å². The summed E-state index contributed by atoms with van der Waals surface area (Å²) in [4.78, 5) is 8.91. The van der Waals surface area contributed by atoms with E-state index in [0.717, 1.165) is 11.1 Å². The topological polar surface area (TPSA) is 117 Å². The summed E-state index contributed by atoms with van der Waals surface area (Å²) in [5.74, 6) is 2.54. The number of hydrogen-bond donors (Lipinski definition) is 0. The fourth-order valence-corrected chi connectivity index (χ4v) is 3.81. The highest BCUT2D eigenvalue weighted by Gasteiger charge is 2.11. The summed E-state index contributed by atoms with van der Waals surface area (Å²) in [5, 5.41) is 25.1. The average Bonchev–Trinajstić information content (AvgIpc) is 3.55. The normalized spacial score (nSPS) is 11.8. The van der Waals surface area contributed by atoms with Crippen LogP contribution in [-0.4, -0.2) is 34.1 Å². The molecule has 6 rings (SSSR count). The van der Waals surface area contributed by atoms with Crippen LogP contribution in [0.4, 0.5) is 11.4 Å². The van der Waals surface area contributed by atoms with Crippen LogP contribution in [-0.2, 0) is 0 Å². The quantitative estimate of drug-likeness (QED) is 0.161. The van der Waals surface area contributed by atoms with Gasteiger partial charge < -0.3 is 14.7 Å². The molecule has 0 atom stereocenters. The zero-order valence-corrected chi connectivity index (χ0v) is 19.9. The third-order valence-corrected chi connectivity index (χ3v) is 5.70. The van der Waals surface area contributed by atoms with E-state index in [0.29, 0.717) is 50.5 Å². The molecule has 0 fully saturated rings. The second kappa shape index (κ2) is 9.04. The molecule has 2 aromatic carbocycles. The lowest BCUT2D eigenvalue weighted by Crippen LogP contribution is -1.94. The number of nitrogens with zero attached hydrogens (tertiary/aromatic N) is 8. The van der Waals surface area contributed by atoms with Crippen molar-refractivity contribution in [2.45, 2.75) is 13.8 Å². The van der Waals surface area contributed by atoms with E-state index < -0.39 is 0 Å². The molecule has 0 aliphatic carbocycles. The van der Waals surface area contributed by atoms with Gasteiger partial charge in [-0.15, -0.1) is 0 Å². The largest absolute Gasteiger partial charge is 0.594 e. The average molecular weight is 492 g/mol. The van der Waals surface area contributed by atoms with Gasteiger partial charge in [-0.1, -0.05) is 4.86 Å². The van der Waals surface area contributed by atoms with Crippen LogP contribution in [0.15, 0.2) is 90.8 Å². The summed E-state index contributed by atoms with van der Waals surface area (Å²) < 4.78 is 15.3. The molecular weight excluding hydrogens is 472 g/mol. The van der Waals surface area contributed by atoms with Gasteiger partial charge in [0, 0.05) is 41.8 Å². The number of hydrogen-bond acceptors (Lipinski definition) is 8. The number of fused-ring (bicyclic) bond motifs is 2. The molecule has 0 aliphatic heterocycles. The summed E-state index contributed by atoms with van der Waals surface area (Å²) in [5.41, 5.74) is 3.89. The van der Waals surface area contributed by atoms with Gasteiger partial charge in [0.2, 0.25) is 5.69 Å². The number of benzene rings is 2. The standard InChI is InChI=1S/C26H20N8O3/c1-17-11-19(3-5-23(17)36-21-7-9-32-25(13-21)27-15-29-32)31-34(35)20-4-6-24(18(2)12-20)37-22-8-10-33-26(14-22)28-16-30-33/h3-16H,1-2H3. The minimum atomic E-state index is 0.386. The van der Waals surface area contributed by atoms with Crippen LogP contribution >= 0.6 is 0 Å². The zero-order valence-electron chi connectivity index (χ0n) is 19.9. The molecule has 11 heteroatoms. The third-order valence-electron chi connectivity index (χ3n) is 5.70. The van der Waals surface area contributed by atoms with E-state index in [4.69, 9.17) is 9.47 Å². The molecule has 0 unspecified atom stereocenters. The second-order valence-electron chi connectivity index (χ2n) is 8.33. The van der Waals surface area contributed by atoms with Crippen molar-refractivity contribution in [1.82, 2.24) is 29.2 Å². The number of aryl methyl sites for hydroxylation is 2. The summed E-state index contributed by atoms with van der Waals surface area (Å²) in [6.45, 7) is 3.77. The Labute approximate surface area is 210 Å². The van der Waals surface area contributed by atoms with Crippen molar-refractivity contribution in [3.63, 3.8) is 0 Å². The zero-order chi connectivity index (χ0) is 25.4. The first kappa shape index (κ1) is 22.2. The fourth-order valence-electron chi connectivity index (χ4n) is 3.81. The SMILES string of the molecule is Cc1cc(N=[N+]([O-])c2ccc(Oc3ccn4ncnc4c3)c(C)c2)ccc1Oc1ccn2ncnc2c1. The Morgan fingerprint density at radius 3 is 1.86 bits per heavy atom. The molecule has 4 aromatic heterocycles. The molecule has 0 N–H and O–H groups in total. The summed E-state index contributed by atoms with van der Waals surface area (Å²) >= 11 is 0. The van der Waals surface area contributed by atoms with Crippen LogP contribution in [0.1, 0.15) is 11.1 Å². The van der Waals surface area contributed by atoms with Gasteiger partial charge >= 0.3 is 0 Å². The van der Waals surface area contributed by atoms with Crippen LogP contribution in [0, 0.1) is 19.1 Å². The van der Waals surface area contributed by atoms with Gasteiger partial charge in [0.1, 0.15) is 41.3 Å². The van der Waals surface area contributed by atoms with Crippen molar-refractivity contribution in [3.8, 4) is 23.0 Å². The summed E-state index contributed by atoms with van der Waals surface area (Å²) in [6.07, 6.45) is 6.51. The van der Waals surface area contributed by atoms with Gasteiger partial charge in [0.05, 0.1) is 0 Å². The molecule has 182 valence electrons. The van der Waals surface area contributed by atoms with Crippen LogP contribution in [0.25, 0.3) is 11.3 Å². The Morgan fingerprint density at radius 2 is 1.30 bits per heavy atom. The van der Waals surface area contributed by atoms with E-state index in [9.17, 15) is 5.21 Å². The molecule has 0 spiro atoms. The van der Waals surface area contributed by atoms with Crippen LogP contribution < -0.4 is 9.47 Å². The lowest BCUT2D eigenvalue weighted by molar-refractivity contribution is -0.435. The van der Waals surface area contributed by atoms with E-state index in [1.165, 1.54) is 12.7 Å². The predicted molar refractivity (Wildman–Crippen MR) is 134 cm³/mol. The lowest BCUT2D eigenvalue weighted by Gasteiger charge is -2.10. The van der Waals surface area contributed by atoms with Gasteiger partial charge in [-0.2, -0.15) is 10.2 Å². The fraction of sp³-hybridized carbons (Fsp3) is 0.0769. The Morgan fingerprint density at radius 1 is 0.730 bits per heavy atom. The monoisotopic (exact) mass is 492 g/mol. The number of aromatic nitrogens is 6.